The molecule has 1 amide bonds. The second kappa shape index (κ2) is 7.28. The summed E-state index contributed by atoms with van der Waals surface area (Å²) in [4.78, 5) is 17.1. The molecular weight excluding hydrogens is 328 g/mol. The van der Waals surface area contributed by atoms with E-state index in [4.69, 9.17) is 4.98 Å². The van der Waals surface area contributed by atoms with Crippen LogP contribution in [0.2, 0.25) is 0 Å². The van der Waals surface area contributed by atoms with Crippen LogP contribution in [0.1, 0.15) is 22.3 Å². The first-order valence-electron chi connectivity index (χ1n) is 8.31. The molecule has 0 aliphatic rings. The summed E-state index contributed by atoms with van der Waals surface area (Å²) in [5.41, 5.74) is 6.48. The molecule has 2 aromatic carbocycles. The highest BCUT2D eigenvalue weighted by molar-refractivity contribution is 8.00. The number of hydrogen-bond donors (Lipinski definition) is 1. The predicted octanol–water partition coefficient (Wildman–Crippen LogP) is 5.20. The fourth-order valence-electron chi connectivity index (χ4n) is 2.75. The number of nitrogens with zero attached hydrogens (tertiary/aromatic N) is 1. The molecule has 3 rings (SSSR count). The van der Waals surface area contributed by atoms with Crippen molar-refractivity contribution in [1.82, 2.24) is 4.98 Å². The second-order valence-corrected chi connectivity index (χ2v) is 7.31. The molecule has 0 bridgehead atoms. The lowest BCUT2D eigenvalue weighted by Crippen LogP contribution is -2.15. The van der Waals surface area contributed by atoms with E-state index in [1.165, 1.54) is 22.9 Å². The van der Waals surface area contributed by atoms with Crippen molar-refractivity contribution >= 4 is 34.3 Å². The average Bonchev–Trinajstić information content (AvgIpc) is 2.59. The number of rotatable bonds is 4. The van der Waals surface area contributed by atoms with Gasteiger partial charge in [-0.15, -0.1) is 0 Å². The standard InChI is InChI=1S/C21H22N2OS/c1-13-9-10-17-11-15(3)21(23-20(17)16(13)4)25-12-19(24)22-18-8-6-5-7-14(18)2/h5-11H,12H2,1-4H3,(H,22,24). The number of amides is 1. The van der Waals surface area contributed by atoms with E-state index in [9.17, 15) is 4.79 Å². The Kier molecular flexibility index (Phi) is 5.09. The molecule has 4 heteroatoms. The Morgan fingerprint density at radius 3 is 2.52 bits per heavy atom. The van der Waals surface area contributed by atoms with Gasteiger partial charge in [-0.25, -0.2) is 4.98 Å². The van der Waals surface area contributed by atoms with Crippen molar-refractivity contribution in [2.45, 2.75) is 32.7 Å². The van der Waals surface area contributed by atoms with Crippen LogP contribution in [-0.2, 0) is 4.79 Å². The Morgan fingerprint density at radius 2 is 1.76 bits per heavy atom. The number of anilines is 1. The predicted molar refractivity (Wildman–Crippen MR) is 106 cm³/mol. The Morgan fingerprint density at radius 1 is 1.00 bits per heavy atom. The van der Waals surface area contributed by atoms with Crippen LogP contribution in [0.3, 0.4) is 0 Å². The van der Waals surface area contributed by atoms with Gasteiger partial charge in [0.2, 0.25) is 5.91 Å². The number of hydrogen-bond acceptors (Lipinski definition) is 3. The van der Waals surface area contributed by atoms with Crippen LogP contribution in [0.25, 0.3) is 10.9 Å². The van der Waals surface area contributed by atoms with E-state index in [0.29, 0.717) is 5.75 Å². The number of aromatic nitrogens is 1. The van der Waals surface area contributed by atoms with Crippen molar-refractivity contribution in [1.29, 1.82) is 0 Å². The maximum atomic E-state index is 12.3. The number of pyridine rings is 1. The summed E-state index contributed by atoms with van der Waals surface area (Å²) in [6, 6.07) is 14.2. The minimum Gasteiger partial charge on any atom is -0.325 e. The molecule has 0 aliphatic heterocycles. The molecule has 0 saturated heterocycles. The van der Waals surface area contributed by atoms with E-state index in [1.807, 2.05) is 38.1 Å². The molecule has 1 heterocycles. The highest BCUT2D eigenvalue weighted by atomic mass is 32.2. The van der Waals surface area contributed by atoms with Crippen molar-refractivity contribution in [3.05, 3.63) is 64.7 Å². The first kappa shape index (κ1) is 17.5. The third-order valence-electron chi connectivity index (χ3n) is 4.41. The number of para-hydroxylation sites is 1. The first-order valence-corrected chi connectivity index (χ1v) is 9.30. The zero-order valence-corrected chi connectivity index (χ0v) is 15.8. The summed E-state index contributed by atoms with van der Waals surface area (Å²) in [5.74, 6) is 0.333. The molecule has 0 spiro atoms. The highest BCUT2D eigenvalue weighted by Gasteiger charge is 2.10. The van der Waals surface area contributed by atoms with E-state index in [2.05, 4.69) is 37.4 Å². The van der Waals surface area contributed by atoms with E-state index >= 15 is 0 Å². The van der Waals surface area contributed by atoms with Crippen LogP contribution in [0.15, 0.2) is 47.5 Å². The minimum absolute atomic E-state index is 0.0124. The van der Waals surface area contributed by atoms with Gasteiger partial charge in [-0.3, -0.25) is 4.79 Å². The quantitative estimate of drug-likeness (QED) is 0.658. The lowest BCUT2D eigenvalue weighted by molar-refractivity contribution is -0.113. The van der Waals surface area contributed by atoms with E-state index < -0.39 is 0 Å². The summed E-state index contributed by atoms with van der Waals surface area (Å²) in [7, 11) is 0. The Labute approximate surface area is 152 Å². The van der Waals surface area contributed by atoms with Crippen molar-refractivity contribution in [2.24, 2.45) is 0 Å². The third kappa shape index (κ3) is 3.85. The number of carbonyl (C=O) groups excluding carboxylic acids is 1. The van der Waals surface area contributed by atoms with Gasteiger partial charge >= 0.3 is 0 Å². The van der Waals surface area contributed by atoms with E-state index in [1.54, 1.807) is 0 Å². The molecule has 3 aromatic rings. The van der Waals surface area contributed by atoms with Gasteiger partial charge in [-0.1, -0.05) is 42.1 Å². The third-order valence-corrected chi connectivity index (χ3v) is 5.51. The maximum absolute atomic E-state index is 12.3. The molecule has 0 radical (unpaired) electrons. The monoisotopic (exact) mass is 350 g/mol. The molecular formula is C21H22N2OS. The van der Waals surface area contributed by atoms with Crippen LogP contribution >= 0.6 is 11.8 Å². The van der Waals surface area contributed by atoms with Crippen molar-refractivity contribution in [2.75, 3.05) is 11.1 Å². The smallest absolute Gasteiger partial charge is 0.234 e. The van der Waals surface area contributed by atoms with Gasteiger partial charge in [-0.05, 0) is 62.1 Å². The second-order valence-electron chi connectivity index (χ2n) is 6.34. The fraction of sp³-hybridized carbons (Fsp3) is 0.238. The summed E-state index contributed by atoms with van der Waals surface area (Å²) in [6.07, 6.45) is 0. The molecule has 128 valence electrons. The van der Waals surface area contributed by atoms with Gasteiger partial charge in [0.15, 0.2) is 0 Å². The number of benzene rings is 2. The van der Waals surface area contributed by atoms with Crippen LogP contribution in [0, 0.1) is 27.7 Å². The molecule has 25 heavy (non-hydrogen) atoms. The van der Waals surface area contributed by atoms with Gasteiger partial charge in [-0.2, -0.15) is 0 Å². The zero-order valence-electron chi connectivity index (χ0n) is 15.0. The van der Waals surface area contributed by atoms with E-state index in [0.717, 1.165) is 32.7 Å². The molecule has 1 N–H and O–H groups in total. The summed E-state index contributed by atoms with van der Waals surface area (Å²) < 4.78 is 0. The maximum Gasteiger partial charge on any atom is 0.234 e. The SMILES string of the molecule is Cc1ccccc1NC(=O)CSc1nc2c(C)c(C)ccc2cc1C. The topological polar surface area (TPSA) is 42.0 Å². The molecule has 0 fully saturated rings. The minimum atomic E-state index is -0.0124. The van der Waals surface area contributed by atoms with Gasteiger partial charge in [0.05, 0.1) is 11.3 Å². The number of carbonyl (C=O) groups is 1. The first-order chi connectivity index (χ1) is 12.0. The van der Waals surface area contributed by atoms with Gasteiger partial charge in [0.1, 0.15) is 5.03 Å². The van der Waals surface area contributed by atoms with Gasteiger partial charge in [0, 0.05) is 11.1 Å². The molecule has 0 aliphatic carbocycles. The highest BCUT2D eigenvalue weighted by Crippen LogP contribution is 2.27. The van der Waals surface area contributed by atoms with Crippen molar-refractivity contribution < 1.29 is 4.79 Å². The summed E-state index contributed by atoms with van der Waals surface area (Å²) in [5, 5.41) is 5.04. The summed E-state index contributed by atoms with van der Waals surface area (Å²) >= 11 is 1.49. The van der Waals surface area contributed by atoms with Crippen LogP contribution in [0.5, 0.6) is 0 Å². The Bertz CT molecular complexity index is 950. The lowest BCUT2D eigenvalue weighted by Gasteiger charge is -2.11. The molecule has 0 unspecified atom stereocenters. The molecule has 0 atom stereocenters. The van der Waals surface area contributed by atoms with E-state index in [-0.39, 0.29) is 5.91 Å². The van der Waals surface area contributed by atoms with Crippen LogP contribution in [0.4, 0.5) is 5.69 Å². The molecule has 3 nitrogen and oxygen atoms in total. The zero-order chi connectivity index (χ0) is 18.0. The fourth-order valence-corrected chi connectivity index (χ4v) is 3.53. The van der Waals surface area contributed by atoms with Gasteiger partial charge < -0.3 is 5.32 Å². The average molecular weight is 350 g/mol. The number of aryl methyl sites for hydroxylation is 4. The number of thioether (sulfide) groups is 1. The Balaban J connectivity index is 1.76. The molecule has 1 aromatic heterocycles. The normalized spacial score (nSPS) is 10.9. The lowest BCUT2D eigenvalue weighted by atomic mass is 10.0. The number of nitrogens with one attached hydrogen (secondary N) is 1. The Hall–Kier alpha value is -2.33. The number of fused-ring (bicyclic) bond motifs is 1. The van der Waals surface area contributed by atoms with Gasteiger partial charge in [0.25, 0.3) is 0 Å². The molecule has 0 saturated carbocycles. The van der Waals surface area contributed by atoms with Crippen LogP contribution < -0.4 is 5.32 Å². The largest absolute Gasteiger partial charge is 0.325 e. The van der Waals surface area contributed by atoms with Crippen molar-refractivity contribution in [3.63, 3.8) is 0 Å². The van der Waals surface area contributed by atoms with Crippen molar-refractivity contribution in [3.8, 4) is 0 Å². The van der Waals surface area contributed by atoms with Crippen LogP contribution in [-0.4, -0.2) is 16.6 Å². The summed E-state index contributed by atoms with van der Waals surface area (Å²) in [6.45, 7) is 8.23.